The highest BCUT2D eigenvalue weighted by molar-refractivity contribution is 5.43. The van der Waals surface area contributed by atoms with E-state index >= 15 is 0 Å². The molecule has 0 saturated heterocycles. The second-order valence-corrected chi connectivity index (χ2v) is 6.47. The molecule has 0 fully saturated rings. The van der Waals surface area contributed by atoms with Crippen LogP contribution in [0.3, 0.4) is 0 Å². The molecule has 0 bridgehead atoms. The summed E-state index contributed by atoms with van der Waals surface area (Å²) < 4.78 is 0. The molecule has 1 aliphatic carbocycles. The highest BCUT2D eigenvalue weighted by Gasteiger charge is 2.19. The van der Waals surface area contributed by atoms with Crippen LogP contribution >= 0.6 is 0 Å². The second kappa shape index (κ2) is 9.24. The van der Waals surface area contributed by atoms with E-state index in [9.17, 15) is 0 Å². The van der Waals surface area contributed by atoms with Gasteiger partial charge in [0.05, 0.1) is 6.17 Å². The summed E-state index contributed by atoms with van der Waals surface area (Å²) >= 11 is 0. The molecular weight excluding hydrogens is 280 g/mol. The van der Waals surface area contributed by atoms with E-state index < -0.39 is 0 Å². The van der Waals surface area contributed by atoms with Gasteiger partial charge in [-0.1, -0.05) is 63.3 Å². The summed E-state index contributed by atoms with van der Waals surface area (Å²) in [6, 6.07) is 10.4. The van der Waals surface area contributed by atoms with Crippen LogP contribution in [0.4, 0.5) is 5.69 Å². The molecule has 2 atom stereocenters. The lowest BCUT2D eigenvalue weighted by Gasteiger charge is -2.31. The molecule has 1 aromatic carbocycles. The third kappa shape index (κ3) is 5.63. The number of allylic oxidation sites excluding steroid dienone is 6. The fourth-order valence-corrected chi connectivity index (χ4v) is 2.76. The van der Waals surface area contributed by atoms with Gasteiger partial charge in [0.2, 0.25) is 0 Å². The largest absolute Gasteiger partial charge is 0.368 e. The number of hydrogen-bond acceptors (Lipinski definition) is 2. The highest BCUT2D eigenvalue weighted by atomic mass is 15.1. The van der Waals surface area contributed by atoms with Gasteiger partial charge in [0, 0.05) is 17.3 Å². The van der Waals surface area contributed by atoms with Gasteiger partial charge in [0.1, 0.15) is 0 Å². The molecule has 0 heterocycles. The van der Waals surface area contributed by atoms with Gasteiger partial charge in [0.25, 0.3) is 0 Å². The first kappa shape index (κ1) is 17.4. The van der Waals surface area contributed by atoms with Crippen molar-refractivity contribution < 1.29 is 0 Å². The van der Waals surface area contributed by atoms with Gasteiger partial charge in [-0.2, -0.15) is 0 Å². The smallest absolute Gasteiger partial charge is 0.0985 e. The van der Waals surface area contributed by atoms with Crippen LogP contribution in [0.25, 0.3) is 0 Å². The molecule has 1 aromatic rings. The Balaban J connectivity index is 2.03. The zero-order valence-corrected chi connectivity index (χ0v) is 14.6. The minimum atomic E-state index is 0.229. The van der Waals surface area contributed by atoms with Crippen LogP contribution in [-0.4, -0.2) is 6.17 Å². The molecule has 23 heavy (non-hydrogen) atoms. The average molecular weight is 310 g/mol. The first-order valence-electron chi connectivity index (χ1n) is 8.80. The molecule has 124 valence electrons. The zero-order valence-electron chi connectivity index (χ0n) is 14.6. The second-order valence-electron chi connectivity index (χ2n) is 6.47. The maximum Gasteiger partial charge on any atom is 0.0985 e. The van der Waals surface area contributed by atoms with Crippen LogP contribution < -0.4 is 10.6 Å². The van der Waals surface area contributed by atoms with Gasteiger partial charge >= 0.3 is 0 Å². The van der Waals surface area contributed by atoms with Gasteiger partial charge in [-0.3, -0.25) is 0 Å². The van der Waals surface area contributed by atoms with Gasteiger partial charge < -0.3 is 10.6 Å². The molecular formula is C21H30N2. The molecule has 2 rings (SSSR count). The lowest BCUT2D eigenvalue weighted by Crippen LogP contribution is -2.41. The standard InChI is InChI=1S/C21H30N2/c1-4-5-7-12-18-13-10-11-16-20(18)23-21(17(2)3)22-19-14-8-6-9-15-19/h5-11,14-18,21-23H,4,12-13H2,1-3H3. The number of rotatable bonds is 8. The molecule has 0 radical (unpaired) electrons. The van der Waals surface area contributed by atoms with E-state index in [0.29, 0.717) is 11.8 Å². The minimum Gasteiger partial charge on any atom is -0.368 e. The average Bonchev–Trinajstić information content (AvgIpc) is 2.57. The monoisotopic (exact) mass is 310 g/mol. The fraction of sp³-hybridized carbons (Fsp3) is 0.429. The SMILES string of the molecule is CCC=CCC1CC=CC=C1NC(Nc1ccccc1)C(C)C. The van der Waals surface area contributed by atoms with Crippen molar-refractivity contribution in [2.45, 2.75) is 46.2 Å². The van der Waals surface area contributed by atoms with Crippen LogP contribution in [0.15, 0.2) is 66.4 Å². The molecule has 0 amide bonds. The highest BCUT2D eigenvalue weighted by Crippen LogP contribution is 2.24. The molecule has 0 saturated carbocycles. The first-order chi connectivity index (χ1) is 11.2. The Bertz CT molecular complexity index is 540. The fourth-order valence-electron chi connectivity index (χ4n) is 2.76. The molecule has 0 aliphatic heterocycles. The summed E-state index contributed by atoms with van der Waals surface area (Å²) in [6.07, 6.45) is 14.8. The van der Waals surface area contributed by atoms with Crippen molar-refractivity contribution in [1.82, 2.24) is 5.32 Å². The Kier molecular flexibility index (Phi) is 6.99. The van der Waals surface area contributed by atoms with Crippen LogP contribution in [0, 0.1) is 11.8 Å². The zero-order chi connectivity index (χ0) is 16.5. The summed E-state index contributed by atoms with van der Waals surface area (Å²) in [5.41, 5.74) is 2.50. The summed E-state index contributed by atoms with van der Waals surface area (Å²) in [7, 11) is 0. The molecule has 2 nitrogen and oxygen atoms in total. The van der Waals surface area contributed by atoms with Crippen molar-refractivity contribution in [2.24, 2.45) is 11.8 Å². The van der Waals surface area contributed by atoms with Crippen molar-refractivity contribution in [2.75, 3.05) is 5.32 Å². The van der Waals surface area contributed by atoms with E-state index in [-0.39, 0.29) is 6.17 Å². The Morgan fingerprint density at radius 3 is 2.61 bits per heavy atom. The Morgan fingerprint density at radius 1 is 1.13 bits per heavy atom. The summed E-state index contributed by atoms with van der Waals surface area (Å²) in [5.74, 6) is 1.05. The van der Waals surface area contributed by atoms with Crippen molar-refractivity contribution in [3.05, 3.63) is 66.4 Å². The minimum absolute atomic E-state index is 0.229. The molecule has 2 N–H and O–H groups in total. The lowest BCUT2D eigenvalue weighted by atomic mass is 9.92. The van der Waals surface area contributed by atoms with E-state index in [0.717, 1.165) is 24.9 Å². The molecule has 1 aliphatic rings. The van der Waals surface area contributed by atoms with Crippen molar-refractivity contribution in [3.8, 4) is 0 Å². The van der Waals surface area contributed by atoms with E-state index in [1.165, 1.54) is 5.70 Å². The van der Waals surface area contributed by atoms with E-state index in [1.54, 1.807) is 0 Å². The Morgan fingerprint density at radius 2 is 1.91 bits per heavy atom. The van der Waals surface area contributed by atoms with Crippen LogP contribution in [0.1, 0.15) is 40.0 Å². The molecule has 2 unspecified atom stereocenters. The third-order valence-electron chi connectivity index (χ3n) is 4.18. The maximum absolute atomic E-state index is 3.75. The van der Waals surface area contributed by atoms with Crippen molar-refractivity contribution in [1.29, 1.82) is 0 Å². The third-order valence-corrected chi connectivity index (χ3v) is 4.18. The number of anilines is 1. The number of benzene rings is 1. The van der Waals surface area contributed by atoms with E-state index in [1.807, 2.05) is 6.07 Å². The normalized spacial score (nSPS) is 19.0. The summed E-state index contributed by atoms with van der Waals surface area (Å²) in [4.78, 5) is 0. The van der Waals surface area contributed by atoms with E-state index in [4.69, 9.17) is 0 Å². The maximum atomic E-state index is 3.75. The first-order valence-corrected chi connectivity index (χ1v) is 8.80. The van der Waals surface area contributed by atoms with Crippen LogP contribution in [-0.2, 0) is 0 Å². The number of para-hydroxylation sites is 1. The van der Waals surface area contributed by atoms with Crippen LogP contribution in [0.5, 0.6) is 0 Å². The summed E-state index contributed by atoms with van der Waals surface area (Å²) in [5, 5.41) is 7.37. The Labute approximate surface area is 141 Å². The predicted octanol–water partition coefficient (Wildman–Crippen LogP) is 5.49. The number of nitrogens with one attached hydrogen (secondary N) is 2. The van der Waals surface area contributed by atoms with Gasteiger partial charge in [-0.25, -0.2) is 0 Å². The van der Waals surface area contributed by atoms with E-state index in [2.05, 4.69) is 86.1 Å². The number of hydrogen-bond donors (Lipinski definition) is 2. The van der Waals surface area contributed by atoms with Gasteiger partial charge in [-0.05, 0) is 43.4 Å². The lowest BCUT2D eigenvalue weighted by molar-refractivity contribution is 0.437. The molecule has 2 heteroatoms. The molecule has 0 spiro atoms. The van der Waals surface area contributed by atoms with Crippen molar-refractivity contribution in [3.63, 3.8) is 0 Å². The Hall–Kier alpha value is -1.96. The quantitative estimate of drug-likeness (QED) is 0.490. The van der Waals surface area contributed by atoms with Crippen molar-refractivity contribution >= 4 is 5.69 Å². The topological polar surface area (TPSA) is 24.1 Å². The summed E-state index contributed by atoms with van der Waals surface area (Å²) in [6.45, 7) is 6.68. The van der Waals surface area contributed by atoms with Gasteiger partial charge in [-0.15, -0.1) is 0 Å². The van der Waals surface area contributed by atoms with Gasteiger partial charge in [0.15, 0.2) is 0 Å². The molecule has 0 aromatic heterocycles. The van der Waals surface area contributed by atoms with Crippen LogP contribution in [0.2, 0.25) is 0 Å². The predicted molar refractivity (Wildman–Crippen MR) is 101 cm³/mol.